The number of amides is 1. The molecule has 0 aliphatic carbocycles. The van der Waals surface area contributed by atoms with Crippen LogP contribution < -0.4 is 10.1 Å². The van der Waals surface area contributed by atoms with Crippen LogP contribution in [0.2, 0.25) is 5.02 Å². The van der Waals surface area contributed by atoms with Gasteiger partial charge in [-0.05, 0) is 24.1 Å². The zero-order chi connectivity index (χ0) is 12.0. The molecule has 1 aromatic carbocycles. The molecule has 88 valence electrons. The van der Waals surface area contributed by atoms with Gasteiger partial charge in [0.05, 0.1) is 12.9 Å². The summed E-state index contributed by atoms with van der Waals surface area (Å²) < 4.78 is 5.05. The summed E-state index contributed by atoms with van der Waals surface area (Å²) >= 11 is 9.92. The molecule has 0 bridgehead atoms. The number of benzene rings is 1. The van der Waals surface area contributed by atoms with E-state index in [9.17, 15) is 4.79 Å². The van der Waals surface area contributed by atoms with Crippen LogP contribution in [0.25, 0.3) is 0 Å². The largest absolute Gasteiger partial charge is 0.497 e. The zero-order valence-electron chi connectivity index (χ0n) is 9.00. The molecule has 1 rings (SSSR count). The lowest BCUT2D eigenvalue weighted by Crippen LogP contribution is -2.26. The van der Waals surface area contributed by atoms with E-state index < -0.39 is 0 Å². The molecule has 0 saturated heterocycles. The van der Waals surface area contributed by atoms with E-state index in [0.29, 0.717) is 18.0 Å². The number of halogens is 1. The van der Waals surface area contributed by atoms with E-state index >= 15 is 0 Å². The molecule has 0 aliphatic heterocycles. The van der Waals surface area contributed by atoms with Gasteiger partial charge in [0, 0.05) is 11.6 Å². The molecule has 0 unspecified atom stereocenters. The third-order valence-electron chi connectivity index (χ3n) is 2.12. The van der Waals surface area contributed by atoms with Crippen LogP contribution in [0, 0.1) is 0 Å². The predicted molar refractivity (Wildman–Crippen MR) is 68.6 cm³/mol. The minimum atomic E-state index is -0.0760. The highest BCUT2D eigenvalue weighted by Gasteiger charge is 2.03. The van der Waals surface area contributed by atoms with E-state index in [-0.39, 0.29) is 11.7 Å². The summed E-state index contributed by atoms with van der Waals surface area (Å²) in [4.78, 5) is 10.9. The Morgan fingerprint density at radius 2 is 2.31 bits per heavy atom. The first-order valence-electron chi connectivity index (χ1n) is 4.87. The highest BCUT2D eigenvalue weighted by molar-refractivity contribution is 7.81. The average Bonchev–Trinajstić information content (AvgIpc) is 2.30. The SMILES string of the molecule is COc1ccc(CCNC(=O)CS)c(Cl)c1. The number of methoxy groups -OCH3 is 1. The van der Waals surface area contributed by atoms with Crippen LogP contribution >= 0.6 is 24.2 Å². The van der Waals surface area contributed by atoms with Crippen LogP contribution in [0.4, 0.5) is 0 Å². The van der Waals surface area contributed by atoms with E-state index in [1.54, 1.807) is 13.2 Å². The second-order valence-electron chi connectivity index (χ2n) is 3.22. The number of hydrogen-bond donors (Lipinski definition) is 2. The predicted octanol–water partition coefficient (Wildman–Crippen LogP) is 1.94. The number of nitrogens with one attached hydrogen (secondary N) is 1. The highest BCUT2D eigenvalue weighted by atomic mass is 35.5. The Balaban J connectivity index is 2.51. The van der Waals surface area contributed by atoms with Gasteiger partial charge in [-0.3, -0.25) is 4.79 Å². The molecule has 0 radical (unpaired) electrons. The maximum absolute atomic E-state index is 10.9. The van der Waals surface area contributed by atoms with Crippen molar-refractivity contribution in [2.24, 2.45) is 0 Å². The molecule has 1 N–H and O–H groups in total. The number of hydrogen-bond acceptors (Lipinski definition) is 3. The Labute approximate surface area is 106 Å². The third-order valence-corrected chi connectivity index (χ3v) is 2.76. The molecule has 0 heterocycles. The summed E-state index contributed by atoms with van der Waals surface area (Å²) in [5, 5.41) is 3.38. The number of thiol groups is 1. The smallest absolute Gasteiger partial charge is 0.229 e. The first-order chi connectivity index (χ1) is 7.67. The Hall–Kier alpha value is -0.870. The molecule has 0 aliphatic rings. The van der Waals surface area contributed by atoms with E-state index in [0.717, 1.165) is 11.3 Å². The van der Waals surface area contributed by atoms with Crippen LogP contribution in [-0.4, -0.2) is 25.3 Å². The zero-order valence-corrected chi connectivity index (χ0v) is 10.6. The molecule has 0 atom stereocenters. The van der Waals surface area contributed by atoms with Crippen molar-refractivity contribution in [1.82, 2.24) is 5.32 Å². The minimum Gasteiger partial charge on any atom is -0.497 e. The first kappa shape index (κ1) is 13.2. The fraction of sp³-hybridized carbons (Fsp3) is 0.364. The fourth-order valence-electron chi connectivity index (χ4n) is 1.25. The molecule has 3 nitrogen and oxygen atoms in total. The Bertz CT molecular complexity index is 371. The summed E-state index contributed by atoms with van der Waals surface area (Å²) in [6.07, 6.45) is 0.697. The first-order valence-corrected chi connectivity index (χ1v) is 5.88. The van der Waals surface area contributed by atoms with E-state index in [2.05, 4.69) is 17.9 Å². The lowest BCUT2D eigenvalue weighted by molar-refractivity contribution is -0.118. The highest BCUT2D eigenvalue weighted by Crippen LogP contribution is 2.22. The van der Waals surface area contributed by atoms with Crippen LogP contribution in [0.15, 0.2) is 18.2 Å². The molecule has 0 aromatic heterocycles. The van der Waals surface area contributed by atoms with E-state index in [4.69, 9.17) is 16.3 Å². The topological polar surface area (TPSA) is 38.3 Å². The Morgan fingerprint density at radius 3 is 2.88 bits per heavy atom. The molecule has 0 saturated carbocycles. The number of carbonyl (C=O) groups is 1. The lowest BCUT2D eigenvalue weighted by Gasteiger charge is -2.07. The van der Waals surface area contributed by atoms with Gasteiger partial charge in [0.1, 0.15) is 5.75 Å². The Kier molecular flexibility index (Phi) is 5.49. The van der Waals surface area contributed by atoms with Crippen LogP contribution in [0.1, 0.15) is 5.56 Å². The second kappa shape index (κ2) is 6.66. The molecule has 0 fully saturated rings. The van der Waals surface area contributed by atoms with Gasteiger partial charge >= 0.3 is 0 Å². The number of carbonyl (C=O) groups excluding carboxylic acids is 1. The molecule has 16 heavy (non-hydrogen) atoms. The van der Waals surface area contributed by atoms with Gasteiger partial charge in [-0.1, -0.05) is 17.7 Å². The van der Waals surface area contributed by atoms with Crippen LogP contribution in [-0.2, 0) is 11.2 Å². The maximum atomic E-state index is 10.9. The lowest BCUT2D eigenvalue weighted by atomic mass is 10.1. The summed E-state index contributed by atoms with van der Waals surface area (Å²) in [7, 11) is 1.60. The third kappa shape index (κ3) is 3.94. The maximum Gasteiger partial charge on any atom is 0.229 e. The van der Waals surface area contributed by atoms with Crippen molar-refractivity contribution < 1.29 is 9.53 Å². The number of rotatable bonds is 5. The van der Waals surface area contributed by atoms with Gasteiger partial charge in [0.25, 0.3) is 0 Å². The molecule has 1 amide bonds. The Morgan fingerprint density at radius 1 is 1.56 bits per heavy atom. The molecule has 1 aromatic rings. The quantitative estimate of drug-likeness (QED) is 0.794. The minimum absolute atomic E-state index is 0.0760. The van der Waals surface area contributed by atoms with Gasteiger partial charge in [0.2, 0.25) is 5.91 Å². The molecule has 0 spiro atoms. The second-order valence-corrected chi connectivity index (χ2v) is 3.94. The van der Waals surface area contributed by atoms with E-state index in [1.165, 1.54) is 0 Å². The normalized spacial score (nSPS) is 9.94. The monoisotopic (exact) mass is 259 g/mol. The van der Waals surface area contributed by atoms with E-state index in [1.807, 2.05) is 12.1 Å². The molecular weight excluding hydrogens is 246 g/mol. The standard InChI is InChI=1S/C11H14ClNO2S/c1-15-9-3-2-8(10(12)6-9)4-5-13-11(14)7-16/h2-3,6,16H,4-5,7H2,1H3,(H,13,14). The average molecular weight is 260 g/mol. The van der Waals surface area contributed by atoms with Crippen molar-refractivity contribution >= 4 is 30.1 Å². The summed E-state index contributed by atoms with van der Waals surface area (Å²) in [6, 6.07) is 5.51. The van der Waals surface area contributed by atoms with Crippen molar-refractivity contribution in [3.63, 3.8) is 0 Å². The summed E-state index contributed by atoms with van der Waals surface area (Å²) in [5.74, 6) is 0.859. The van der Waals surface area contributed by atoms with Gasteiger partial charge in [-0.2, -0.15) is 12.6 Å². The van der Waals surface area contributed by atoms with Crippen molar-refractivity contribution in [3.8, 4) is 5.75 Å². The van der Waals surface area contributed by atoms with Crippen molar-refractivity contribution in [2.75, 3.05) is 19.4 Å². The van der Waals surface area contributed by atoms with Crippen LogP contribution in [0.5, 0.6) is 5.75 Å². The van der Waals surface area contributed by atoms with Crippen molar-refractivity contribution in [2.45, 2.75) is 6.42 Å². The van der Waals surface area contributed by atoms with Gasteiger partial charge in [-0.15, -0.1) is 0 Å². The van der Waals surface area contributed by atoms with Crippen molar-refractivity contribution in [1.29, 1.82) is 0 Å². The van der Waals surface area contributed by atoms with Crippen molar-refractivity contribution in [3.05, 3.63) is 28.8 Å². The van der Waals surface area contributed by atoms with Crippen LogP contribution in [0.3, 0.4) is 0 Å². The van der Waals surface area contributed by atoms with Gasteiger partial charge in [-0.25, -0.2) is 0 Å². The van der Waals surface area contributed by atoms with Gasteiger partial charge < -0.3 is 10.1 Å². The van der Waals surface area contributed by atoms with Gasteiger partial charge in [0.15, 0.2) is 0 Å². The summed E-state index contributed by atoms with van der Waals surface area (Å²) in [5.41, 5.74) is 0.988. The molecular formula is C11H14ClNO2S. The fourth-order valence-corrected chi connectivity index (χ4v) is 1.63. The summed E-state index contributed by atoms with van der Waals surface area (Å²) in [6.45, 7) is 0.561. The number of ether oxygens (including phenoxy) is 1. The molecule has 5 heteroatoms.